The molecule has 0 heterocycles. The fourth-order valence-corrected chi connectivity index (χ4v) is 2.93. The summed E-state index contributed by atoms with van der Waals surface area (Å²) >= 11 is 7.60. The van der Waals surface area contributed by atoms with Gasteiger partial charge in [-0.3, -0.25) is 0 Å². The predicted octanol–water partition coefficient (Wildman–Crippen LogP) is 4.58. The molecule has 2 aromatic rings. The van der Waals surface area contributed by atoms with Crippen LogP contribution in [-0.4, -0.2) is 30.3 Å². The highest BCUT2D eigenvalue weighted by Gasteiger charge is 2.08. The number of benzene rings is 2. The van der Waals surface area contributed by atoms with Crippen molar-refractivity contribution in [2.45, 2.75) is 18.4 Å². The van der Waals surface area contributed by atoms with Gasteiger partial charge in [0, 0.05) is 35.8 Å². The molecule has 0 aliphatic heterocycles. The Morgan fingerprint density at radius 1 is 1.13 bits per heavy atom. The van der Waals surface area contributed by atoms with Crippen LogP contribution >= 0.6 is 23.4 Å². The van der Waals surface area contributed by atoms with Crippen LogP contribution in [0, 0.1) is 6.92 Å². The van der Waals surface area contributed by atoms with Crippen LogP contribution in [0.4, 0.5) is 4.79 Å². The largest absolute Gasteiger partial charge is 0.337 e. The van der Waals surface area contributed by atoms with Crippen molar-refractivity contribution in [3.8, 4) is 0 Å². The van der Waals surface area contributed by atoms with Crippen molar-refractivity contribution in [3.63, 3.8) is 0 Å². The Balaban J connectivity index is 1.69. The van der Waals surface area contributed by atoms with Gasteiger partial charge in [0.1, 0.15) is 0 Å². The fraction of sp³-hybridized carbons (Fsp3) is 0.278. The van der Waals surface area contributed by atoms with Crippen molar-refractivity contribution in [2.75, 3.05) is 19.3 Å². The summed E-state index contributed by atoms with van der Waals surface area (Å²) < 4.78 is 0. The molecule has 2 amide bonds. The maximum absolute atomic E-state index is 12.0. The van der Waals surface area contributed by atoms with Crippen LogP contribution < -0.4 is 5.32 Å². The number of hydrogen-bond acceptors (Lipinski definition) is 2. The number of nitrogens with one attached hydrogen (secondary N) is 1. The number of nitrogens with zero attached hydrogens (tertiary/aromatic N) is 1. The first-order chi connectivity index (χ1) is 11.0. The number of amides is 2. The summed E-state index contributed by atoms with van der Waals surface area (Å²) in [7, 11) is 1.79. The highest BCUT2D eigenvalue weighted by atomic mass is 35.5. The molecule has 0 fully saturated rings. The molecule has 0 saturated carbocycles. The van der Waals surface area contributed by atoms with Crippen molar-refractivity contribution in [2.24, 2.45) is 0 Å². The van der Waals surface area contributed by atoms with E-state index in [4.69, 9.17) is 11.6 Å². The Labute approximate surface area is 147 Å². The molecule has 0 aliphatic carbocycles. The number of rotatable bonds is 6. The maximum atomic E-state index is 12.0. The van der Waals surface area contributed by atoms with Gasteiger partial charge in [0.2, 0.25) is 0 Å². The topological polar surface area (TPSA) is 32.3 Å². The van der Waals surface area contributed by atoms with Gasteiger partial charge in [0.25, 0.3) is 0 Å². The van der Waals surface area contributed by atoms with Gasteiger partial charge in [0.05, 0.1) is 0 Å². The second-order valence-electron chi connectivity index (χ2n) is 5.38. The minimum absolute atomic E-state index is 0.0653. The van der Waals surface area contributed by atoms with Gasteiger partial charge in [-0.05, 0) is 36.8 Å². The molecular formula is C18H21ClN2OS. The minimum Gasteiger partial charge on any atom is -0.337 e. The van der Waals surface area contributed by atoms with Crippen LogP contribution in [0.1, 0.15) is 11.1 Å². The Bertz CT molecular complexity index is 628. The lowest BCUT2D eigenvalue weighted by Crippen LogP contribution is -2.37. The number of thioether (sulfide) groups is 1. The van der Waals surface area contributed by atoms with Crippen molar-refractivity contribution in [3.05, 3.63) is 64.7 Å². The lowest BCUT2D eigenvalue weighted by molar-refractivity contribution is 0.207. The van der Waals surface area contributed by atoms with E-state index in [1.54, 1.807) is 23.7 Å². The Hall–Kier alpha value is -1.65. The van der Waals surface area contributed by atoms with Crippen molar-refractivity contribution in [1.29, 1.82) is 0 Å². The van der Waals surface area contributed by atoms with Crippen LogP contribution in [0.15, 0.2) is 53.4 Å². The van der Waals surface area contributed by atoms with E-state index in [1.807, 2.05) is 24.3 Å². The zero-order valence-corrected chi connectivity index (χ0v) is 15.0. The quantitative estimate of drug-likeness (QED) is 0.612. The van der Waals surface area contributed by atoms with E-state index >= 15 is 0 Å². The highest BCUT2D eigenvalue weighted by molar-refractivity contribution is 7.99. The molecule has 0 radical (unpaired) electrons. The SMILES string of the molecule is Cc1ccc(SCCNC(=O)N(C)Cc2ccc(Cl)cc2)cc1. The number of carbonyl (C=O) groups excluding carboxylic acids is 1. The first-order valence-electron chi connectivity index (χ1n) is 7.47. The molecule has 0 spiro atoms. The molecule has 0 saturated heterocycles. The third kappa shape index (κ3) is 6.16. The van der Waals surface area contributed by atoms with Gasteiger partial charge in [0.15, 0.2) is 0 Å². The lowest BCUT2D eigenvalue weighted by Gasteiger charge is -2.18. The minimum atomic E-state index is -0.0653. The first kappa shape index (κ1) is 17.7. The van der Waals surface area contributed by atoms with Crippen molar-refractivity contribution >= 4 is 29.4 Å². The monoisotopic (exact) mass is 348 g/mol. The van der Waals surface area contributed by atoms with Crippen LogP contribution in [0.2, 0.25) is 5.02 Å². The van der Waals surface area contributed by atoms with Gasteiger partial charge < -0.3 is 10.2 Å². The van der Waals surface area contributed by atoms with Crippen molar-refractivity contribution in [1.82, 2.24) is 10.2 Å². The van der Waals surface area contributed by atoms with Crippen LogP contribution in [0.3, 0.4) is 0 Å². The average molecular weight is 349 g/mol. The molecule has 2 rings (SSSR count). The summed E-state index contributed by atoms with van der Waals surface area (Å²) in [5.41, 5.74) is 2.31. The van der Waals surface area contributed by atoms with E-state index in [9.17, 15) is 4.79 Å². The molecule has 0 atom stereocenters. The second kappa shape index (κ2) is 8.85. The summed E-state index contributed by atoms with van der Waals surface area (Å²) in [4.78, 5) is 14.9. The van der Waals surface area contributed by atoms with Crippen molar-refractivity contribution < 1.29 is 4.79 Å². The number of halogens is 1. The van der Waals surface area contributed by atoms with E-state index in [0.717, 1.165) is 11.3 Å². The lowest BCUT2D eigenvalue weighted by atomic mass is 10.2. The van der Waals surface area contributed by atoms with Crippen LogP contribution in [0.5, 0.6) is 0 Å². The molecule has 5 heteroatoms. The molecule has 2 aromatic carbocycles. The number of aryl methyl sites for hydroxylation is 1. The van der Waals surface area contributed by atoms with Crippen LogP contribution in [-0.2, 0) is 6.54 Å². The predicted molar refractivity (Wildman–Crippen MR) is 98.2 cm³/mol. The standard InChI is InChI=1S/C18H21ClN2OS/c1-14-3-9-17(10-4-14)23-12-11-20-18(22)21(2)13-15-5-7-16(19)8-6-15/h3-10H,11-13H2,1-2H3,(H,20,22). The Morgan fingerprint density at radius 2 is 1.78 bits per heavy atom. The van der Waals surface area contributed by atoms with Gasteiger partial charge in [-0.15, -0.1) is 11.8 Å². The van der Waals surface area contributed by atoms with E-state index in [0.29, 0.717) is 18.1 Å². The zero-order valence-electron chi connectivity index (χ0n) is 13.4. The third-order valence-corrected chi connectivity index (χ3v) is 4.61. The molecule has 122 valence electrons. The third-order valence-electron chi connectivity index (χ3n) is 3.35. The Kier molecular flexibility index (Phi) is 6.81. The molecule has 0 aromatic heterocycles. The summed E-state index contributed by atoms with van der Waals surface area (Å²) in [6.07, 6.45) is 0. The fourth-order valence-electron chi connectivity index (χ4n) is 2.03. The van der Waals surface area contributed by atoms with E-state index < -0.39 is 0 Å². The molecule has 0 aliphatic rings. The van der Waals surface area contributed by atoms with E-state index in [2.05, 4.69) is 36.5 Å². The van der Waals surface area contributed by atoms with Gasteiger partial charge in [-0.2, -0.15) is 0 Å². The molecule has 3 nitrogen and oxygen atoms in total. The van der Waals surface area contributed by atoms with E-state index in [-0.39, 0.29) is 6.03 Å². The average Bonchev–Trinajstić information content (AvgIpc) is 2.55. The maximum Gasteiger partial charge on any atom is 0.317 e. The smallest absolute Gasteiger partial charge is 0.317 e. The normalized spacial score (nSPS) is 10.4. The van der Waals surface area contributed by atoms with Gasteiger partial charge >= 0.3 is 6.03 Å². The Morgan fingerprint density at radius 3 is 2.43 bits per heavy atom. The second-order valence-corrected chi connectivity index (χ2v) is 6.98. The summed E-state index contributed by atoms with van der Waals surface area (Å²) in [5, 5.41) is 3.64. The molecule has 0 bridgehead atoms. The number of urea groups is 1. The highest BCUT2D eigenvalue weighted by Crippen LogP contribution is 2.17. The molecular weight excluding hydrogens is 328 g/mol. The number of carbonyl (C=O) groups is 1. The van der Waals surface area contributed by atoms with Gasteiger partial charge in [-0.1, -0.05) is 41.4 Å². The number of hydrogen-bond donors (Lipinski definition) is 1. The summed E-state index contributed by atoms with van der Waals surface area (Å²) in [5.74, 6) is 0.851. The van der Waals surface area contributed by atoms with Crippen LogP contribution in [0.25, 0.3) is 0 Å². The summed E-state index contributed by atoms with van der Waals surface area (Å²) in [6.45, 7) is 3.28. The van der Waals surface area contributed by atoms with E-state index in [1.165, 1.54) is 10.5 Å². The molecule has 0 unspecified atom stereocenters. The molecule has 1 N–H and O–H groups in total. The molecule has 23 heavy (non-hydrogen) atoms. The van der Waals surface area contributed by atoms with Gasteiger partial charge in [-0.25, -0.2) is 4.79 Å². The zero-order chi connectivity index (χ0) is 16.7. The first-order valence-corrected chi connectivity index (χ1v) is 8.84. The summed E-state index contributed by atoms with van der Waals surface area (Å²) in [6, 6.07) is 15.9.